The number of carbonyl (C=O) groups is 2. The number of methoxy groups -OCH3 is 1. The molecule has 0 bridgehead atoms. The number of alkyl halides is 3. The third-order valence-corrected chi connectivity index (χ3v) is 3.15. The monoisotopic (exact) mass is 287 g/mol. The van der Waals surface area contributed by atoms with Gasteiger partial charge in [0.2, 0.25) is 5.91 Å². The smallest absolute Gasteiger partial charge is 0.409 e. The Morgan fingerprint density at radius 3 is 2.40 bits per heavy atom. The largest absolute Gasteiger partial charge is 0.497 e. The predicted molar refractivity (Wildman–Crippen MR) is 63.2 cm³/mol. The number of carbonyl (C=O) groups excluding carboxylic acids is 2. The molecule has 1 aliphatic heterocycles. The topological polar surface area (TPSA) is 46.6 Å². The minimum absolute atomic E-state index is 0.0234. The lowest BCUT2D eigenvalue weighted by atomic mass is 10.1. The first kappa shape index (κ1) is 14.4. The Kier molecular flexibility index (Phi) is 3.69. The maximum atomic E-state index is 12.8. The highest BCUT2D eigenvalue weighted by atomic mass is 19.4. The number of hydrogen-bond acceptors (Lipinski definition) is 3. The van der Waals surface area contributed by atoms with Crippen molar-refractivity contribution < 1.29 is 27.5 Å². The third kappa shape index (κ3) is 2.61. The van der Waals surface area contributed by atoms with Crippen LogP contribution in [0.4, 0.5) is 13.2 Å². The number of hydrogen-bond donors (Lipinski definition) is 0. The van der Waals surface area contributed by atoms with E-state index in [0.717, 1.165) is 0 Å². The highest BCUT2D eigenvalue weighted by molar-refractivity contribution is 6.06. The summed E-state index contributed by atoms with van der Waals surface area (Å²) in [6.07, 6.45) is -5.26. The molecule has 1 aromatic rings. The molecule has 1 heterocycles. The molecule has 1 atom stereocenters. The lowest BCUT2D eigenvalue weighted by Gasteiger charge is -2.25. The number of nitrogens with zero attached hydrogens (tertiary/aromatic N) is 1. The van der Waals surface area contributed by atoms with Crippen molar-refractivity contribution in [3.63, 3.8) is 0 Å². The van der Waals surface area contributed by atoms with Gasteiger partial charge in [-0.2, -0.15) is 13.2 Å². The Labute approximate surface area is 113 Å². The predicted octanol–water partition coefficient (Wildman–Crippen LogP) is 2.39. The molecule has 0 aromatic heterocycles. The van der Waals surface area contributed by atoms with Gasteiger partial charge >= 0.3 is 6.18 Å². The number of imide groups is 1. The molecule has 1 aromatic carbocycles. The molecule has 7 heteroatoms. The van der Waals surface area contributed by atoms with Gasteiger partial charge in [0.1, 0.15) is 11.8 Å². The molecule has 0 saturated carbocycles. The summed E-state index contributed by atoms with van der Waals surface area (Å²) in [6.45, 7) is 0. The zero-order valence-corrected chi connectivity index (χ0v) is 10.6. The van der Waals surface area contributed by atoms with Crippen LogP contribution in [-0.4, -0.2) is 36.0 Å². The summed E-state index contributed by atoms with van der Waals surface area (Å²) in [7, 11) is 1.43. The summed E-state index contributed by atoms with van der Waals surface area (Å²) < 4.78 is 43.3. The van der Waals surface area contributed by atoms with Gasteiger partial charge in [0, 0.05) is 12.0 Å². The van der Waals surface area contributed by atoms with Gasteiger partial charge in [-0.25, -0.2) is 0 Å². The van der Waals surface area contributed by atoms with Crippen molar-refractivity contribution in [1.29, 1.82) is 0 Å². The van der Waals surface area contributed by atoms with Gasteiger partial charge in [-0.15, -0.1) is 0 Å². The van der Waals surface area contributed by atoms with Crippen LogP contribution < -0.4 is 4.74 Å². The van der Waals surface area contributed by atoms with E-state index in [0.29, 0.717) is 10.6 Å². The van der Waals surface area contributed by atoms with E-state index in [1.165, 1.54) is 31.4 Å². The van der Waals surface area contributed by atoms with Gasteiger partial charge in [-0.1, -0.05) is 0 Å². The Morgan fingerprint density at radius 1 is 1.30 bits per heavy atom. The van der Waals surface area contributed by atoms with Crippen molar-refractivity contribution in [3.05, 3.63) is 29.8 Å². The number of amides is 2. The molecule has 2 rings (SSSR count). The summed E-state index contributed by atoms with van der Waals surface area (Å²) in [6, 6.07) is 3.54. The van der Waals surface area contributed by atoms with Crippen molar-refractivity contribution in [2.45, 2.75) is 25.1 Å². The van der Waals surface area contributed by atoms with Crippen molar-refractivity contribution in [1.82, 2.24) is 4.90 Å². The fraction of sp³-hybridized carbons (Fsp3) is 0.385. The molecule has 108 valence electrons. The van der Waals surface area contributed by atoms with E-state index >= 15 is 0 Å². The van der Waals surface area contributed by atoms with Crippen LogP contribution in [0.3, 0.4) is 0 Å². The van der Waals surface area contributed by atoms with Crippen molar-refractivity contribution in [2.75, 3.05) is 7.11 Å². The Balaban J connectivity index is 2.27. The first-order valence-corrected chi connectivity index (χ1v) is 5.91. The highest BCUT2D eigenvalue weighted by Gasteiger charge is 2.51. The molecule has 0 aliphatic carbocycles. The number of ether oxygens (including phenoxy) is 1. The van der Waals surface area contributed by atoms with Crippen LogP contribution in [0.25, 0.3) is 0 Å². The van der Waals surface area contributed by atoms with Crippen LogP contribution in [0.15, 0.2) is 24.3 Å². The Bertz CT molecular complexity index is 525. The van der Waals surface area contributed by atoms with E-state index in [4.69, 9.17) is 4.74 Å². The number of halogens is 3. The average molecular weight is 287 g/mol. The van der Waals surface area contributed by atoms with E-state index in [1.54, 1.807) is 0 Å². The fourth-order valence-corrected chi connectivity index (χ4v) is 2.12. The Hall–Kier alpha value is -2.05. The van der Waals surface area contributed by atoms with E-state index in [9.17, 15) is 22.8 Å². The van der Waals surface area contributed by atoms with E-state index in [1.807, 2.05) is 0 Å². The molecule has 4 nitrogen and oxygen atoms in total. The zero-order chi connectivity index (χ0) is 14.9. The lowest BCUT2D eigenvalue weighted by Crippen LogP contribution is -2.46. The molecule has 0 N–H and O–H groups in total. The molecule has 1 fully saturated rings. The van der Waals surface area contributed by atoms with Crippen molar-refractivity contribution in [2.24, 2.45) is 0 Å². The quantitative estimate of drug-likeness (QED) is 0.785. The summed E-state index contributed by atoms with van der Waals surface area (Å²) in [5.41, 5.74) is 0.0234. The standard InChI is InChI=1S/C13H12F3NO3/c1-20-9-4-2-8(3-5-9)12(19)17-10(13(14,15)16)6-7-11(17)18/h2-5,10H,6-7H2,1H3. The Morgan fingerprint density at radius 2 is 1.90 bits per heavy atom. The maximum Gasteiger partial charge on any atom is 0.409 e. The summed E-state index contributed by atoms with van der Waals surface area (Å²) >= 11 is 0. The summed E-state index contributed by atoms with van der Waals surface area (Å²) in [4.78, 5) is 23.9. The minimum atomic E-state index is -4.60. The summed E-state index contributed by atoms with van der Waals surface area (Å²) in [5, 5.41) is 0. The zero-order valence-electron chi connectivity index (χ0n) is 10.6. The van der Waals surface area contributed by atoms with Crippen LogP contribution in [0.1, 0.15) is 23.2 Å². The molecule has 1 unspecified atom stereocenters. The number of rotatable bonds is 2. The highest BCUT2D eigenvalue weighted by Crippen LogP contribution is 2.34. The van der Waals surface area contributed by atoms with E-state index in [2.05, 4.69) is 0 Å². The lowest BCUT2D eigenvalue weighted by molar-refractivity contribution is -0.174. The second-order valence-corrected chi connectivity index (χ2v) is 4.39. The first-order valence-electron chi connectivity index (χ1n) is 5.91. The molecule has 0 spiro atoms. The van der Waals surface area contributed by atoms with Crippen LogP contribution >= 0.6 is 0 Å². The SMILES string of the molecule is COc1ccc(C(=O)N2C(=O)CCC2C(F)(F)F)cc1. The van der Waals surface area contributed by atoms with E-state index in [-0.39, 0.29) is 18.4 Å². The summed E-state index contributed by atoms with van der Waals surface area (Å²) in [5.74, 6) is -1.26. The molecule has 1 aliphatic rings. The van der Waals surface area contributed by atoms with Gasteiger partial charge < -0.3 is 4.74 Å². The van der Waals surface area contributed by atoms with Gasteiger partial charge in [0.25, 0.3) is 5.91 Å². The van der Waals surface area contributed by atoms with E-state index < -0.39 is 24.0 Å². The molecular weight excluding hydrogens is 275 g/mol. The molecular formula is C13H12F3NO3. The third-order valence-electron chi connectivity index (χ3n) is 3.15. The first-order chi connectivity index (χ1) is 9.34. The van der Waals surface area contributed by atoms with Crippen molar-refractivity contribution in [3.8, 4) is 5.75 Å². The van der Waals surface area contributed by atoms with Gasteiger partial charge in [0.15, 0.2) is 0 Å². The van der Waals surface area contributed by atoms with Crippen molar-refractivity contribution >= 4 is 11.8 Å². The van der Waals surface area contributed by atoms with Crippen LogP contribution in [0.5, 0.6) is 5.75 Å². The molecule has 0 radical (unpaired) electrons. The second kappa shape index (κ2) is 5.15. The molecule has 2 amide bonds. The maximum absolute atomic E-state index is 12.8. The normalized spacial score (nSPS) is 19.3. The fourth-order valence-electron chi connectivity index (χ4n) is 2.12. The van der Waals surface area contributed by atoms with Gasteiger partial charge in [0.05, 0.1) is 7.11 Å². The second-order valence-electron chi connectivity index (χ2n) is 4.39. The average Bonchev–Trinajstić information content (AvgIpc) is 2.80. The molecule has 20 heavy (non-hydrogen) atoms. The number of benzene rings is 1. The van der Waals surface area contributed by atoms with Crippen LogP contribution in [0, 0.1) is 0 Å². The molecule has 1 saturated heterocycles. The number of likely N-dealkylation sites (tertiary alicyclic amines) is 1. The van der Waals surface area contributed by atoms with Gasteiger partial charge in [-0.3, -0.25) is 14.5 Å². The van der Waals surface area contributed by atoms with Gasteiger partial charge in [-0.05, 0) is 30.7 Å². The van der Waals surface area contributed by atoms with Crippen LogP contribution in [0.2, 0.25) is 0 Å². The van der Waals surface area contributed by atoms with Crippen LogP contribution in [-0.2, 0) is 4.79 Å². The minimum Gasteiger partial charge on any atom is -0.497 e.